The van der Waals surface area contributed by atoms with Crippen molar-refractivity contribution in [3.63, 3.8) is 0 Å². The Morgan fingerprint density at radius 1 is 1.12 bits per heavy atom. The summed E-state index contributed by atoms with van der Waals surface area (Å²) in [5.41, 5.74) is 9.76. The van der Waals surface area contributed by atoms with Gasteiger partial charge in [-0.15, -0.1) is 0 Å². The predicted molar refractivity (Wildman–Crippen MR) is 73.2 cm³/mol. The van der Waals surface area contributed by atoms with Gasteiger partial charge in [0, 0.05) is 18.0 Å². The van der Waals surface area contributed by atoms with Crippen LogP contribution >= 0.6 is 11.6 Å². The van der Waals surface area contributed by atoms with Crippen molar-refractivity contribution in [3.05, 3.63) is 47.2 Å². The van der Waals surface area contributed by atoms with Crippen LogP contribution in [0.25, 0.3) is 11.1 Å². The van der Waals surface area contributed by atoms with Crippen molar-refractivity contribution in [2.75, 3.05) is 5.73 Å². The topological polar surface area (TPSA) is 38.9 Å². The van der Waals surface area contributed by atoms with E-state index in [0.29, 0.717) is 16.6 Å². The molecule has 0 bridgehead atoms. The molecule has 1 heterocycles. The molecule has 2 aromatic rings. The molecule has 17 heavy (non-hydrogen) atoms. The largest absolute Gasteiger partial charge is 0.397 e. The fraction of sp³-hybridized carbons (Fsp3) is 0.214. The summed E-state index contributed by atoms with van der Waals surface area (Å²) in [6, 6.07) is 8.33. The third kappa shape index (κ3) is 2.42. The summed E-state index contributed by atoms with van der Waals surface area (Å²) in [4.78, 5) is 4.07. The van der Waals surface area contributed by atoms with Gasteiger partial charge in [-0.1, -0.05) is 49.7 Å². The highest BCUT2D eigenvalue weighted by Gasteiger charge is 2.07. The van der Waals surface area contributed by atoms with E-state index in [1.165, 1.54) is 5.56 Å². The molecule has 1 aromatic heterocycles. The van der Waals surface area contributed by atoms with Crippen LogP contribution in [0, 0.1) is 0 Å². The molecule has 3 heteroatoms. The molecular weight excluding hydrogens is 232 g/mol. The van der Waals surface area contributed by atoms with Crippen molar-refractivity contribution < 1.29 is 0 Å². The minimum atomic E-state index is 0.496. The molecule has 0 amide bonds. The summed E-state index contributed by atoms with van der Waals surface area (Å²) >= 11 is 5.96. The fourth-order valence-corrected chi connectivity index (χ4v) is 1.88. The Kier molecular flexibility index (Phi) is 3.34. The first-order valence-corrected chi connectivity index (χ1v) is 5.96. The number of anilines is 1. The van der Waals surface area contributed by atoms with Gasteiger partial charge in [0.05, 0.1) is 10.7 Å². The van der Waals surface area contributed by atoms with Crippen LogP contribution in [-0.2, 0) is 0 Å². The Labute approximate surface area is 106 Å². The summed E-state index contributed by atoms with van der Waals surface area (Å²) < 4.78 is 0. The number of halogens is 1. The van der Waals surface area contributed by atoms with Crippen molar-refractivity contribution in [2.45, 2.75) is 19.8 Å². The van der Waals surface area contributed by atoms with Crippen molar-refractivity contribution >= 4 is 17.3 Å². The van der Waals surface area contributed by atoms with E-state index in [9.17, 15) is 0 Å². The van der Waals surface area contributed by atoms with Crippen LogP contribution in [0.15, 0.2) is 36.7 Å². The van der Waals surface area contributed by atoms with E-state index < -0.39 is 0 Å². The van der Waals surface area contributed by atoms with Gasteiger partial charge in [-0.25, -0.2) is 0 Å². The van der Waals surface area contributed by atoms with Crippen LogP contribution in [0.5, 0.6) is 0 Å². The molecule has 1 aromatic carbocycles. The molecule has 88 valence electrons. The Balaban J connectivity index is 2.43. The Morgan fingerprint density at radius 3 is 2.35 bits per heavy atom. The second-order valence-corrected chi connectivity index (χ2v) is 4.77. The van der Waals surface area contributed by atoms with Crippen molar-refractivity contribution in [1.82, 2.24) is 4.98 Å². The van der Waals surface area contributed by atoms with Gasteiger partial charge in [0.25, 0.3) is 0 Å². The molecule has 0 fully saturated rings. The molecular formula is C14H15ClN2. The smallest absolute Gasteiger partial charge is 0.0824 e. The lowest BCUT2D eigenvalue weighted by molar-refractivity contribution is 0.867. The Bertz CT molecular complexity index is 518. The van der Waals surface area contributed by atoms with Gasteiger partial charge in [0.2, 0.25) is 0 Å². The van der Waals surface area contributed by atoms with Gasteiger partial charge < -0.3 is 5.73 Å². The minimum absolute atomic E-state index is 0.496. The summed E-state index contributed by atoms with van der Waals surface area (Å²) in [5, 5.41) is 0.496. The zero-order valence-corrected chi connectivity index (χ0v) is 10.7. The third-order valence-corrected chi connectivity index (χ3v) is 3.13. The number of nitrogen functional groups attached to an aromatic ring is 1. The van der Waals surface area contributed by atoms with Crippen LogP contribution in [0.2, 0.25) is 5.02 Å². The van der Waals surface area contributed by atoms with Crippen LogP contribution in [0.4, 0.5) is 5.69 Å². The molecule has 2 rings (SSSR count). The van der Waals surface area contributed by atoms with E-state index in [1.54, 1.807) is 12.4 Å². The van der Waals surface area contributed by atoms with Crippen LogP contribution < -0.4 is 5.73 Å². The molecule has 2 nitrogen and oxygen atoms in total. The average Bonchev–Trinajstić information content (AvgIpc) is 2.33. The first-order chi connectivity index (χ1) is 8.09. The van der Waals surface area contributed by atoms with Gasteiger partial charge in [0.1, 0.15) is 0 Å². The van der Waals surface area contributed by atoms with E-state index in [-0.39, 0.29) is 0 Å². The number of aromatic nitrogens is 1. The highest BCUT2D eigenvalue weighted by molar-refractivity contribution is 6.33. The number of pyridine rings is 1. The molecule has 0 aliphatic carbocycles. The van der Waals surface area contributed by atoms with Crippen LogP contribution in [-0.4, -0.2) is 4.98 Å². The van der Waals surface area contributed by atoms with Gasteiger partial charge in [-0.2, -0.15) is 0 Å². The SMILES string of the molecule is CC(C)c1ccc(-c2cncc(Cl)c2N)cc1. The van der Waals surface area contributed by atoms with Crippen LogP contribution in [0.3, 0.4) is 0 Å². The van der Waals surface area contributed by atoms with Gasteiger partial charge >= 0.3 is 0 Å². The molecule has 0 saturated heterocycles. The summed E-state index contributed by atoms with van der Waals surface area (Å²) in [5.74, 6) is 0.527. The molecule has 0 aliphatic rings. The molecule has 2 N–H and O–H groups in total. The van der Waals surface area contributed by atoms with E-state index in [2.05, 4.69) is 43.1 Å². The van der Waals surface area contributed by atoms with Gasteiger partial charge in [-0.05, 0) is 17.0 Å². The summed E-state index contributed by atoms with van der Waals surface area (Å²) in [7, 11) is 0. The summed E-state index contributed by atoms with van der Waals surface area (Å²) in [6.45, 7) is 4.34. The van der Waals surface area contributed by atoms with E-state index in [4.69, 9.17) is 17.3 Å². The Morgan fingerprint density at radius 2 is 1.76 bits per heavy atom. The lowest BCUT2D eigenvalue weighted by Gasteiger charge is -2.09. The van der Waals surface area contributed by atoms with Crippen molar-refractivity contribution in [2.24, 2.45) is 0 Å². The van der Waals surface area contributed by atoms with Crippen molar-refractivity contribution in [3.8, 4) is 11.1 Å². The second kappa shape index (κ2) is 4.76. The average molecular weight is 247 g/mol. The maximum absolute atomic E-state index is 5.96. The molecule has 0 radical (unpaired) electrons. The second-order valence-electron chi connectivity index (χ2n) is 4.36. The standard InChI is InChI=1S/C14H15ClN2/c1-9(2)10-3-5-11(6-4-10)12-7-17-8-13(15)14(12)16/h3-9H,1-2H3,(H2,16,17). The zero-order valence-electron chi connectivity index (χ0n) is 9.94. The van der Waals surface area contributed by atoms with Gasteiger partial charge in [0.15, 0.2) is 0 Å². The maximum atomic E-state index is 5.96. The first kappa shape index (κ1) is 11.9. The monoisotopic (exact) mass is 246 g/mol. The number of rotatable bonds is 2. The van der Waals surface area contributed by atoms with Gasteiger partial charge in [-0.3, -0.25) is 4.98 Å². The normalized spacial score (nSPS) is 10.8. The minimum Gasteiger partial charge on any atom is -0.397 e. The lowest BCUT2D eigenvalue weighted by atomic mass is 9.99. The number of benzene rings is 1. The van der Waals surface area contributed by atoms with E-state index in [0.717, 1.165) is 11.1 Å². The quantitative estimate of drug-likeness (QED) is 0.866. The third-order valence-electron chi connectivity index (χ3n) is 2.83. The molecule has 0 saturated carbocycles. The molecule has 0 unspecified atom stereocenters. The number of nitrogens with two attached hydrogens (primary N) is 1. The fourth-order valence-electron chi connectivity index (χ4n) is 1.72. The van der Waals surface area contributed by atoms with E-state index in [1.807, 2.05) is 0 Å². The van der Waals surface area contributed by atoms with E-state index >= 15 is 0 Å². The lowest BCUT2D eigenvalue weighted by Crippen LogP contribution is -1.93. The zero-order chi connectivity index (χ0) is 12.4. The Hall–Kier alpha value is -1.54. The van der Waals surface area contributed by atoms with Crippen LogP contribution in [0.1, 0.15) is 25.3 Å². The predicted octanol–water partition coefficient (Wildman–Crippen LogP) is 4.11. The first-order valence-electron chi connectivity index (χ1n) is 5.59. The highest BCUT2D eigenvalue weighted by Crippen LogP contribution is 2.30. The molecule has 0 atom stereocenters. The number of hydrogen-bond acceptors (Lipinski definition) is 2. The van der Waals surface area contributed by atoms with Crippen molar-refractivity contribution in [1.29, 1.82) is 0 Å². The number of nitrogens with zero attached hydrogens (tertiary/aromatic N) is 1. The molecule has 0 spiro atoms. The highest BCUT2D eigenvalue weighted by atomic mass is 35.5. The molecule has 0 aliphatic heterocycles. The number of hydrogen-bond donors (Lipinski definition) is 1. The maximum Gasteiger partial charge on any atom is 0.0824 e. The summed E-state index contributed by atoms with van der Waals surface area (Å²) in [6.07, 6.45) is 3.30.